The zero-order chi connectivity index (χ0) is 20.1. The zero-order valence-electron chi connectivity index (χ0n) is 16.4. The molecular weight excluding hydrogens is 386 g/mol. The summed E-state index contributed by atoms with van der Waals surface area (Å²) in [5.41, 5.74) is 0.689. The summed E-state index contributed by atoms with van der Waals surface area (Å²) >= 11 is 7.37. The number of carbonyl (C=O) groups is 2. The van der Waals surface area contributed by atoms with Gasteiger partial charge < -0.3 is 9.47 Å². The summed E-state index contributed by atoms with van der Waals surface area (Å²) in [4.78, 5) is 26.5. The van der Waals surface area contributed by atoms with Gasteiger partial charge in [0.05, 0.1) is 22.6 Å². The number of nitrogens with zero attached hydrogens (tertiary/aromatic N) is 1. The van der Waals surface area contributed by atoms with Gasteiger partial charge in [-0.2, -0.15) is 0 Å². The minimum atomic E-state index is -0.270. The monoisotopic (exact) mass is 411 g/mol. The Balaban J connectivity index is 2.38. The van der Waals surface area contributed by atoms with Gasteiger partial charge in [0.25, 0.3) is 11.1 Å². The van der Waals surface area contributed by atoms with Crippen molar-refractivity contribution >= 4 is 40.6 Å². The Kier molecular flexibility index (Phi) is 7.62. The number of imide groups is 1. The fourth-order valence-electron chi connectivity index (χ4n) is 2.53. The molecule has 2 atom stereocenters. The maximum absolute atomic E-state index is 12.6. The second-order valence-electron chi connectivity index (χ2n) is 6.41. The molecule has 0 aliphatic carbocycles. The SMILES string of the molecule is CCOc1cc(/C=C2/SC(=O)N([C@@H](C)CC)C2=O)cc(Cl)c1O[C@@H](C)CC. The summed E-state index contributed by atoms with van der Waals surface area (Å²) in [5, 5.41) is 0.169. The molecule has 0 bridgehead atoms. The molecule has 0 aromatic heterocycles. The van der Waals surface area contributed by atoms with Crippen molar-refractivity contribution in [2.75, 3.05) is 6.61 Å². The molecule has 1 aliphatic heterocycles. The number of halogens is 1. The Morgan fingerprint density at radius 2 is 1.89 bits per heavy atom. The molecule has 2 amide bonds. The third kappa shape index (κ3) is 4.99. The van der Waals surface area contributed by atoms with Crippen LogP contribution in [0.1, 0.15) is 53.0 Å². The van der Waals surface area contributed by atoms with Crippen molar-refractivity contribution in [1.29, 1.82) is 0 Å². The smallest absolute Gasteiger partial charge is 0.293 e. The highest BCUT2D eigenvalue weighted by atomic mass is 35.5. The van der Waals surface area contributed by atoms with Crippen LogP contribution in [-0.2, 0) is 4.79 Å². The first-order valence-electron chi connectivity index (χ1n) is 9.22. The van der Waals surface area contributed by atoms with Crippen LogP contribution < -0.4 is 9.47 Å². The van der Waals surface area contributed by atoms with Crippen molar-refractivity contribution in [1.82, 2.24) is 4.90 Å². The highest BCUT2D eigenvalue weighted by Crippen LogP contribution is 2.40. The molecule has 1 saturated heterocycles. The number of rotatable bonds is 8. The first-order chi connectivity index (χ1) is 12.8. The molecule has 1 aromatic carbocycles. The lowest BCUT2D eigenvalue weighted by Crippen LogP contribution is -2.36. The number of benzene rings is 1. The standard InChI is InChI=1S/C20H26ClNO4S/c1-6-12(4)22-19(23)17(27-20(22)24)11-14-9-15(21)18(26-13(5)7-2)16(10-14)25-8-3/h9-13H,6-8H2,1-5H3/b17-11+/t12-,13-/m0/s1. The molecular formula is C20H26ClNO4S. The van der Waals surface area contributed by atoms with E-state index in [1.54, 1.807) is 18.2 Å². The molecule has 0 saturated carbocycles. The minimum absolute atomic E-state index is 0.000382. The fraction of sp³-hybridized carbons (Fsp3) is 0.500. The van der Waals surface area contributed by atoms with Crippen molar-refractivity contribution in [2.24, 2.45) is 0 Å². The molecule has 0 radical (unpaired) electrons. The lowest BCUT2D eigenvalue weighted by Gasteiger charge is -2.19. The molecule has 5 nitrogen and oxygen atoms in total. The van der Waals surface area contributed by atoms with E-state index in [-0.39, 0.29) is 23.3 Å². The topological polar surface area (TPSA) is 55.8 Å². The highest BCUT2D eigenvalue weighted by molar-refractivity contribution is 8.18. The van der Waals surface area contributed by atoms with Crippen LogP contribution in [0.4, 0.5) is 4.79 Å². The molecule has 1 fully saturated rings. The van der Waals surface area contributed by atoms with Crippen LogP contribution >= 0.6 is 23.4 Å². The predicted molar refractivity (Wildman–Crippen MR) is 111 cm³/mol. The first kappa shape index (κ1) is 21.6. The third-order valence-electron chi connectivity index (χ3n) is 4.38. The summed E-state index contributed by atoms with van der Waals surface area (Å²) in [6, 6.07) is 3.38. The highest BCUT2D eigenvalue weighted by Gasteiger charge is 2.37. The van der Waals surface area contributed by atoms with Crippen molar-refractivity contribution in [3.63, 3.8) is 0 Å². The van der Waals surface area contributed by atoms with Crippen LogP contribution in [0, 0.1) is 0 Å². The van der Waals surface area contributed by atoms with Crippen molar-refractivity contribution in [3.05, 3.63) is 27.6 Å². The van der Waals surface area contributed by atoms with Gasteiger partial charge in [0.2, 0.25) is 0 Å². The number of hydrogen-bond donors (Lipinski definition) is 0. The number of thioether (sulfide) groups is 1. The van der Waals surface area contributed by atoms with E-state index >= 15 is 0 Å². The Morgan fingerprint density at radius 3 is 2.48 bits per heavy atom. The van der Waals surface area contributed by atoms with Gasteiger partial charge in [-0.3, -0.25) is 14.5 Å². The van der Waals surface area contributed by atoms with E-state index < -0.39 is 0 Å². The average Bonchev–Trinajstić information content (AvgIpc) is 2.90. The van der Waals surface area contributed by atoms with Crippen LogP contribution in [0.25, 0.3) is 6.08 Å². The lowest BCUT2D eigenvalue weighted by atomic mass is 10.1. The number of amides is 2. The molecule has 0 spiro atoms. The minimum Gasteiger partial charge on any atom is -0.490 e. The largest absolute Gasteiger partial charge is 0.490 e. The van der Waals surface area contributed by atoms with E-state index in [0.717, 1.165) is 18.2 Å². The molecule has 27 heavy (non-hydrogen) atoms. The van der Waals surface area contributed by atoms with Gasteiger partial charge >= 0.3 is 0 Å². The van der Waals surface area contributed by atoms with E-state index in [2.05, 4.69) is 0 Å². The quantitative estimate of drug-likeness (QED) is 0.509. The van der Waals surface area contributed by atoms with Crippen LogP contribution in [0.15, 0.2) is 17.0 Å². The second kappa shape index (κ2) is 9.51. The van der Waals surface area contributed by atoms with E-state index in [0.29, 0.717) is 40.0 Å². The van der Waals surface area contributed by atoms with Crippen molar-refractivity contribution in [2.45, 2.75) is 59.6 Å². The van der Waals surface area contributed by atoms with Crippen LogP contribution in [0.3, 0.4) is 0 Å². The zero-order valence-corrected chi connectivity index (χ0v) is 17.9. The van der Waals surface area contributed by atoms with Crippen LogP contribution in [0.2, 0.25) is 5.02 Å². The third-order valence-corrected chi connectivity index (χ3v) is 5.54. The van der Waals surface area contributed by atoms with Crippen molar-refractivity contribution in [3.8, 4) is 11.5 Å². The Labute approximate surface area is 170 Å². The molecule has 148 valence electrons. The van der Waals surface area contributed by atoms with Gasteiger partial charge in [-0.05, 0) is 69.1 Å². The van der Waals surface area contributed by atoms with E-state index in [9.17, 15) is 9.59 Å². The second-order valence-corrected chi connectivity index (χ2v) is 7.81. The summed E-state index contributed by atoms with van der Waals surface area (Å²) in [5.74, 6) is 0.754. The van der Waals surface area contributed by atoms with E-state index in [1.807, 2.05) is 34.6 Å². The average molecular weight is 412 g/mol. The molecule has 1 aliphatic rings. The summed E-state index contributed by atoms with van der Waals surface area (Å²) in [7, 11) is 0. The van der Waals surface area contributed by atoms with Gasteiger partial charge in [0.15, 0.2) is 11.5 Å². The summed E-state index contributed by atoms with van der Waals surface area (Å²) < 4.78 is 11.6. The van der Waals surface area contributed by atoms with Gasteiger partial charge in [-0.1, -0.05) is 25.4 Å². The fourth-order valence-corrected chi connectivity index (χ4v) is 3.72. The van der Waals surface area contributed by atoms with E-state index in [4.69, 9.17) is 21.1 Å². The maximum atomic E-state index is 12.6. The summed E-state index contributed by atoms with van der Waals surface area (Å²) in [6.07, 6.45) is 3.23. The molecule has 2 rings (SSSR count). The number of ether oxygens (including phenoxy) is 2. The Morgan fingerprint density at radius 1 is 1.19 bits per heavy atom. The maximum Gasteiger partial charge on any atom is 0.293 e. The molecule has 7 heteroatoms. The molecule has 1 aromatic rings. The predicted octanol–water partition coefficient (Wildman–Crippen LogP) is 5.75. The molecule has 1 heterocycles. The van der Waals surface area contributed by atoms with Gasteiger partial charge in [-0.15, -0.1) is 0 Å². The lowest BCUT2D eigenvalue weighted by molar-refractivity contribution is -0.124. The Bertz CT molecular complexity index is 750. The number of hydrogen-bond acceptors (Lipinski definition) is 5. The molecule has 0 N–H and O–H groups in total. The summed E-state index contributed by atoms with van der Waals surface area (Å²) in [6.45, 7) is 10.1. The molecule has 0 unspecified atom stereocenters. The first-order valence-corrected chi connectivity index (χ1v) is 10.4. The Hall–Kier alpha value is -1.66. The van der Waals surface area contributed by atoms with Crippen molar-refractivity contribution < 1.29 is 19.1 Å². The van der Waals surface area contributed by atoms with Gasteiger partial charge in [0.1, 0.15) is 0 Å². The van der Waals surface area contributed by atoms with Gasteiger partial charge in [-0.25, -0.2) is 0 Å². The number of carbonyl (C=O) groups excluding carboxylic acids is 2. The normalized spacial score (nSPS) is 18.1. The van der Waals surface area contributed by atoms with Gasteiger partial charge in [0, 0.05) is 6.04 Å². The van der Waals surface area contributed by atoms with Crippen LogP contribution in [0.5, 0.6) is 11.5 Å². The van der Waals surface area contributed by atoms with Crippen LogP contribution in [-0.4, -0.2) is 34.8 Å². The van der Waals surface area contributed by atoms with E-state index in [1.165, 1.54) is 4.90 Å².